The lowest BCUT2D eigenvalue weighted by Gasteiger charge is -2.10. The van der Waals surface area contributed by atoms with Crippen LogP contribution in [0.3, 0.4) is 0 Å². The number of halogens is 3. The summed E-state index contributed by atoms with van der Waals surface area (Å²) in [4.78, 5) is 10.6. The molecule has 1 rings (SSSR count). The first kappa shape index (κ1) is 12.4. The number of carbonyl (C=O) groups excluding carboxylic acids is 1. The molecule has 0 heterocycles. The average molecular weight is 234 g/mol. The van der Waals surface area contributed by atoms with Crippen molar-refractivity contribution in [3.8, 4) is 11.5 Å². The molecule has 0 aliphatic rings. The summed E-state index contributed by atoms with van der Waals surface area (Å²) >= 11 is 0. The van der Waals surface area contributed by atoms with E-state index in [0.717, 1.165) is 0 Å². The number of aryl methyl sites for hydroxylation is 1. The standard InChI is InChI=1S/C10H9F3O3/c1-6-3-4-7(15-2)8(5-6)16-9(14)10(11,12)13/h3-5H,1-2H3. The van der Waals surface area contributed by atoms with Crippen LogP contribution in [0.15, 0.2) is 18.2 Å². The van der Waals surface area contributed by atoms with Crippen molar-refractivity contribution in [3.63, 3.8) is 0 Å². The molecule has 0 radical (unpaired) electrons. The van der Waals surface area contributed by atoms with Crippen LogP contribution in [0.4, 0.5) is 13.2 Å². The Morgan fingerprint density at radius 2 is 1.88 bits per heavy atom. The maximum atomic E-state index is 12.0. The van der Waals surface area contributed by atoms with E-state index in [1.807, 2.05) is 0 Å². The van der Waals surface area contributed by atoms with E-state index in [-0.39, 0.29) is 11.5 Å². The topological polar surface area (TPSA) is 35.5 Å². The molecule has 1 aromatic rings. The largest absolute Gasteiger partial charge is 0.493 e. The van der Waals surface area contributed by atoms with Gasteiger partial charge in [0.05, 0.1) is 7.11 Å². The van der Waals surface area contributed by atoms with E-state index in [9.17, 15) is 18.0 Å². The third kappa shape index (κ3) is 2.88. The second kappa shape index (κ2) is 4.42. The molecule has 0 amide bonds. The highest BCUT2D eigenvalue weighted by Crippen LogP contribution is 2.29. The number of ether oxygens (including phenoxy) is 2. The number of carbonyl (C=O) groups is 1. The molecule has 0 saturated carbocycles. The molecule has 16 heavy (non-hydrogen) atoms. The van der Waals surface area contributed by atoms with Gasteiger partial charge in [-0.15, -0.1) is 0 Å². The van der Waals surface area contributed by atoms with Crippen molar-refractivity contribution >= 4 is 5.97 Å². The molecule has 0 aliphatic carbocycles. The first-order chi connectivity index (χ1) is 7.34. The summed E-state index contributed by atoms with van der Waals surface area (Å²) in [6.45, 7) is 1.66. The molecular formula is C10H9F3O3. The lowest BCUT2D eigenvalue weighted by Crippen LogP contribution is -2.28. The quantitative estimate of drug-likeness (QED) is 0.582. The summed E-state index contributed by atoms with van der Waals surface area (Å²) in [5.74, 6) is -2.44. The summed E-state index contributed by atoms with van der Waals surface area (Å²) < 4.78 is 44.8. The minimum absolute atomic E-state index is 0.0724. The van der Waals surface area contributed by atoms with Gasteiger partial charge in [0.2, 0.25) is 0 Å². The third-order valence-electron chi connectivity index (χ3n) is 1.75. The monoisotopic (exact) mass is 234 g/mol. The van der Waals surface area contributed by atoms with Crippen LogP contribution in [0, 0.1) is 6.92 Å². The van der Waals surface area contributed by atoms with Gasteiger partial charge in [0.25, 0.3) is 0 Å². The number of esters is 1. The van der Waals surface area contributed by atoms with Crippen molar-refractivity contribution in [1.29, 1.82) is 0 Å². The lowest BCUT2D eigenvalue weighted by molar-refractivity contribution is -0.189. The normalized spacial score (nSPS) is 11.1. The highest BCUT2D eigenvalue weighted by Gasteiger charge is 2.41. The summed E-state index contributed by atoms with van der Waals surface area (Å²) in [6.07, 6.45) is -5.02. The van der Waals surface area contributed by atoms with Crippen LogP contribution < -0.4 is 9.47 Å². The summed E-state index contributed by atoms with van der Waals surface area (Å²) in [5, 5.41) is 0. The molecule has 0 saturated heterocycles. The van der Waals surface area contributed by atoms with Crippen LogP contribution in [0.1, 0.15) is 5.56 Å². The Balaban J connectivity index is 2.96. The predicted octanol–water partition coefficient (Wildman–Crippen LogP) is 2.47. The smallest absolute Gasteiger partial charge is 0.491 e. The molecule has 88 valence electrons. The Morgan fingerprint density at radius 1 is 1.25 bits per heavy atom. The van der Waals surface area contributed by atoms with E-state index in [1.165, 1.54) is 19.2 Å². The van der Waals surface area contributed by atoms with E-state index in [1.54, 1.807) is 13.0 Å². The van der Waals surface area contributed by atoms with Crippen molar-refractivity contribution in [2.24, 2.45) is 0 Å². The number of rotatable bonds is 2. The predicted molar refractivity (Wildman–Crippen MR) is 49.4 cm³/mol. The molecule has 3 nitrogen and oxygen atoms in total. The first-order valence-corrected chi connectivity index (χ1v) is 4.28. The second-order valence-corrected chi connectivity index (χ2v) is 3.04. The van der Waals surface area contributed by atoms with Crippen LogP contribution in [0.5, 0.6) is 11.5 Å². The molecule has 6 heteroatoms. The van der Waals surface area contributed by atoms with Crippen molar-refractivity contribution in [2.45, 2.75) is 13.1 Å². The van der Waals surface area contributed by atoms with Gasteiger partial charge >= 0.3 is 12.1 Å². The Labute approximate surface area is 89.8 Å². The van der Waals surface area contributed by atoms with Crippen molar-refractivity contribution in [3.05, 3.63) is 23.8 Å². The zero-order valence-corrected chi connectivity index (χ0v) is 8.59. The van der Waals surface area contributed by atoms with Gasteiger partial charge in [-0.05, 0) is 24.6 Å². The Kier molecular flexibility index (Phi) is 3.41. The maximum Gasteiger partial charge on any atom is 0.491 e. The number of hydrogen-bond acceptors (Lipinski definition) is 3. The minimum atomic E-state index is -5.02. The van der Waals surface area contributed by atoms with Gasteiger partial charge in [-0.1, -0.05) is 6.07 Å². The summed E-state index contributed by atoms with van der Waals surface area (Å²) in [5.41, 5.74) is 0.658. The van der Waals surface area contributed by atoms with Crippen molar-refractivity contribution in [1.82, 2.24) is 0 Å². The number of benzene rings is 1. The Morgan fingerprint density at radius 3 is 2.38 bits per heavy atom. The molecule has 0 fully saturated rings. The Bertz CT molecular complexity index is 399. The fraction of sp³-hybridized carbons (Fsp3) is 0.300. The van der Waals surface area contributed by atoms with Crippen LogP contribution >= 0.6 is 0 Å². The Hall–Kier alpha value is -1.72. The van der Waals surface area contributed by atoms with Gasteiger partial charge in [0.1, 0.15) is 0 Å². The minimum Gasteiger partial charge on any atom is -0.493 e. The highest BCUT2D eigenvalue weighted by molar-refractivity contribution is 5.78. The fourth-order valence-electron chi connectivity index (χ4n) is 1.02. The van der Waals surface area contributed by atoms with E-state index < -0.39 is 12.1 Å². The number of methoxy groups -OCH3 is 1. The molecule has 0 aromatic heterocycles. The zero-order chi connectivity index (χ0) is 12.3. The molecule has 0 aliphatic heterocycles. The van der Waals surface area contributed by atoms with Gasteiger partial charge in [0.15, 0.2) is 11.5 Å². The van der Waals surface area contributed by atoms with Crippen molar-refractivity contribution < 1.29 is 27.4 Å². The summed E-state index contributed by atoms with van der Waals surface area (Å²) in [7, 11) is 1.27. The van der Waals surface area contributed by atoms with E-state index in [0.29, 0.717) is 5.56 Å². The van der Waals surface area contributed by atoms with E-state index in [2.05, 4.69) is 4.74 Å². The fourth-order valence-corrected chi connectivity index (χ4v) is 1.02. The number of alkyl halides is 3. The molecule has 1 aromatic carbocycles. The van der Waals surface area contributed by atoms with Gasteiger partial charge in [0, 0.05) is 0 Å². The van der Waals surface area contributed by atoms with Gasteiger partial charge in [-0.25, -0.2) is 4.79 Å². The lowest BCUT2D eigenvalue weighted by atomic mass is 10.2. The van der Waals surface area contributed by atoms with Crippen LogP contribution in [0.2, 0.25) is 0 Å². The van der Waals surface area contributed by atoms with Crippen LogP contribution in [0.25, 0.3) is 0 Å². The van der Waals surface area contributed by atoms with Crippen LogP contribution in [-0.4, -0.2) is 19.3 Å². The van der Waals surface area contributed by atoms with Gasteiger partial charge < -0.3 is 9.47 Å². The molecular weight excluding hydrogens is 225 g/mol. The number of hydrogen-bond donors (Lipinski definition) is 0. The van der Waals surface area contributed by atoms with E-state index >= 15 is 0 Å². The molecule has 0 spiro atoms. The summed E-state index contributed by atoms with van der Waals surface area (Å²) in [6, 6.07) is 4.35. The molecule has 0 unspecified atom stereocenters. The van der Waals surface area contributed by atoms with Crippen molar-refractivity contribution in [2.75, 3.05) is 7.11 Å². The average Bonchev–Trinajstić information content (AvgIpc) is 2.16. The molecule has 0 N–H and O–H groups in total. The third-order valence-corrected chi connectivity index (χ3v) is 1.75. The molecule has 0 bridgehead atoms. The van der Waals surface area contributed by atoms with Crippen LogP contribution in [-0.2, 0) is 4.79 Å². The van der Waals surface area contributed by atoms with Gasteiger partial charge in [-0.2, -0.15) is 13.2 Å². The zero-order valence-electron chi connectivity index (χ0n) is 8.59. The molecule has 0 atom stereocenters. The van der Waals surface area contributed by atoms with Gasteiger partial charge in [-0.3, -0.25) is 0 Å². The SMILES string of the molecule is COc1ccc(C)cc1OC(=O)C(F)(F)F. The van der Waals surface area contributed by atoms with E-state index in [4.69, 9.17) is 4.74 Å². The second-order valence-electron chi connectivity index (χ2n) is 3.04. The highest BCUT2D eigenvalue weighted by atomic mass is 19.4. The first-order valence-electron chi connectivity index (χ1n) is 4.28. The maximum absolute atomic E-state index is 12.0.